The van der Waals surface area contributed by atoms with Crippen LogP contribution in [0.15, 0.2) is 78.9 Å². The zero-order valence-corrected chi connectivity index (χ0v) is 46.9. The summed E-state index contributed by atoms with van der Waals surface area (Å²) in [7, 11) is -1.60. The Hall–Kier alpha value is -5.10. The van der Waals surface area contributed by atoms with Gasteiger partial charge >= 0.3 is 0 Å². The van der Waals surface area contributed by atoms with Gasteiger partial charge in [-0.3, -0.25) is 0 Å². The first-order chi connectivity index (χ1) is 35.3. The van der Waals surface area contributed by atoms with Crippen LogP contribution < -0.4 is 18.9 Å². The van der Waals surface area contributed by atoms with E-state index in [9.17, 15) is 0 Å². The number of ether oxygens (including phenoxy) is 4. The third-order valence-electron chi connectivity index (χ3n) is 13.9. The average Bonchev–Trinajstić information content (AvgIpc) is 3.39. The molecular weight excluding hydrogens is 897 g/mol. The maximum atomic E-state index is 6.85. The highest BCUT2D eigenvalue weighted by Gasteiger charge is 2.20. The van der Waals surface area contributed by atoms with Crippen molar-refractivity contribution in [2.24, 2.45) is 0 Å². The molecule has 0 amide bonds. The van der Waals surface area contributed by atoms with E-state index in [1.807, 2.05) is 0 Å². The maximum Gasteiger partial charge on any atom is 0.169 e. The Bertz CT molecular complexity index is 2720. The SMILES string of the molecule is CCCCCCCCOc1c(OCCCCCCCC)c2ccc(C#Cc3ccc4c(OCCCCCCCC)c(OCCCCCCCC)c5ccc(C#C[Si](C)(C)C)cc5c4c3)cc2c2ccccc12. The third kappa shape index (κ3) is 17.3. The number of rotatable bonds is 32. The Labute approximate surface area is 437 Å². The third-order valence-corrected chi connectivity index (χ3v) is 14.7. The molecule has 0 aromatic heterocycles. The Kier molecular flexibility index (Phi) is 24.1. The molecule has 0 aliphatic rings. The van der Waals surface area contributed by atoms with Gasteiger partial charge in [0, 0.05) is 38.2 Å². The molecule has 6 aromatic rings. The molecule has 0 saturated heterocycles. The first-order valence-electron chi connectivity index (χ1n) is 28.8. The van der Waals surface area contributed by atoms with Crippen molar-refractivity contribution in [2.75, 3.05) is 26.4 Å². The van der Waals surface area contributed by atoms with Gasteiger partial charge in [-0.15, -0.1) is 5.54 Å². The van der Waals surface area contributed by atoms with Gasteiger partial charge in [-0.05, 0) is 102 Å². The monoisotopic (exact) mass is 987 g/mol. The lowest BCUT2D eigenvalue weighted by Gasteiger charge is -2.19. The van der Waals surface area contributed by atoms with Crippen LogP contribution in [0.1, 0.15) is 198 Å². The quantitative estimate of drug-likeness (QED) is 0.0183. The molecule has 0 heterocycles. The van der Waals surface area contributed by atoms with Crippen molar-refractivity contribution < 1.29 is 18.9 Å². The highest BCUT2D eigenvalue weighted by molar-refractivity contribution is 6.83. The lowest BCUT2D eigenvalue weighted by molar-refractivity contribution is 0.263. The average molecular weight is 988 g/mol. The molecule has 0 spiro atoms. The van der Waals surface area contributed by atoms with Crippen LogP contribution in [-0.4, -0.2) is 34.5 Å². The topological polar surface area (TPSA) is 36.9 Å². The largest absolute Gasteiger partial charge is 0.489 e. The summed E-state index contributed by atoms with van der Waals surface area (Å²) in [5.74, 6) is 14.2. The van der Waals surface area contributed by atoms with Crippen molar-refractivity contribution in [3.05, 3.63) is 95.6 Å². The highest BCUT2D eigenvalue weighted by atomic mass is 28.3. The van der Waals surface area contributed by atoms with Crippen LogP contribution >= 0.6 is 0 Å². The number of benzene rings is 6. The zero-order chi connectivity index (χ0) is 50.8. The molecule has 0 aliphatic heterocycles. The van der Waals surface area contributed by atoms with Crippen LogP contribution in [0.25, 0.3) is 43.1 Å². The maximum absolute atomic E-state index is 6.85. The number of hydrogen-bond donors (Lipinski definition) is 0. The Morgan fingerprint density at radius 3 is 0.917 bits per heavy atom. The molecule has 0 radical (unpaired) electrons. The number of unbranched alkanes of at least 4 members (excludes halogenated alkanes) is 20. The molecule has 6 aromatic carbocycles. The second kappa shape index (κ2) is 30.8. The van der Waals surface area contributed by atoms with E-state index in [4.69, 9.17) is 18.9 Å². The van der Waals surface area contributed by atoms with Crippen molar-refractivity contribution in [1.29, 1.82) is 0 Å². The van der Waals surface area contributed by atoms with Gasteiger partial charge in [0.2, 0.25) is 0 Å². The van der Waals surface area contributed by atoms with E-state index in [1.54, 1.807) is 0 Å². The Balaban J connectivity index is 1.38. The van der Waals surface area contributed by atoms with Gasteiger partial charge in [0.15, 0.2) is 23.0 Å². The minimum absolute atomic E-state index is 0.663. The first kappa shape index (κ1) is 56.2. The summed E-state index contributed by atoms with van der Waals surface area (Å²) < 4.78 is 27.2. The second-order valence-electron chi connectivity index (χ2n) is 21.4. The molecule has 72 heavy (non-hydrogen) atoms. The van der Waals surface area contributed by atoms with Crippen LogP contribution in [0.4, 0.5) is 0 Å². The van der Waals surface area contributed by atoms with Crippen LogP contribution in [0.2, 0.25) is 19.6 Å². The lowest BCUT2D eigenvalue weighted by atomic mass is 9.96. The van der Waals surface area contributed by atoms with Gasteiger partial charge in [-0.1, -0.05) is 218 Å². The highest BCUT2D eigenvalue weighted by Crippen LogP contribution is 2.46. The molecule has 0 fully saturated rings. The summed E-state index contributed by atoms with van der Waals surface area (Å²) >= 11 is 0. The van der Waals surface area contributed by atoms with E-state index >= 15 is 0 Å². The Morgan fingerprint density at radius 1 is 0.306 bits per heavy atom. The summed E-state index contributed by atoms with van der Waals surface area (Å²) in [4.78, 5) is 0. The van der Waals surface area contributed by atoms with Crippen LogP contribution in [-0.2, 0) is 0 Å². The van der Waals surface area contributed by atoms with Crippen LogP contribution in [0, 0.1) is 23.3 Å². The molecule has 0 unspecified atom stereocenters. The van der Waals surface area contributed by atoms with E-state index < -0.39 is 8.07 Å². The molecule has 6 rings (SSSR count). The van der Waals surface area contributed by atoms with E-state index in [0.717, 1.165) is 108 Å². The summed E-state index contributed by atoms with van der Waals surface area (Å²) in [6.45, 7) is 18.7. The summed E-state index contributed by atoms with van der Waals surface area (Å²) in [6.07, 6.45) is 29.2. The van der Waals surface area contributed by atoms with Crippen molar-refractivity contribution in [3.63, 3.8) is 0 Å². The molecule has 386 valence electrons. The number of hydrogen-bond acceptors (Lipinski definition) is 4. The molecule has 5 heteroatoms. The first-order valence-corrected chi connectivity index (χ1v) is 32.3. The van der Waals surface area contributed by atoms with Gasteiger partial charge in [0.1, 0.15) is 8.07 Å². The van der Waals surface area contributed by atoms with E-state index in [2.05, 4.69) is 150 Å². The summed E-state index contributed by atoms with van der Waals surface area (Å²) in [5.41, 5.74) is 6.55. The molecular formula is C67H90O4Si. The van der Waals surface area contributed by atoms with Gasteiger partial charge in [0.05, 0.1) is 26.4 Å². The van der Waals surface area contributed by atoms with Crippen molar-refractivity contribution in [3.8, 4) is 46.3 Å². The summed E-state index contributed by atoms with van der Waals surface area (Å²) in [6, 6.07) is 28.5. The summed E-state index contributed by atoms with van der Waals surface area (Å²) in [5, 5.41) is 8.85. The predicted octanol–water partition coefficient (Wildman–Crippen LogP) is 19.9. The van der Waals surface area contributed by atoms with Crippen LogP contribution in [0.5, 0.6) is 23.0 Å². The minimum atomic E-state index is -1.60. The van der Waals surface area contributed by atoms with Crippen molar-refractivity contribution in [2.45, 2.75) is 201 Å². The molecule has 0 saturated carbocycles. The fourth-order valence-electron chi connectivity index (χ4n) is 9.74. The van der Waals surface area contributed by atoms with Gasteiger partial charge in [-0.25, -0.2) is 0 Å². The lowest BCUT2D eigenvalue weighted by Crippen LogP contribution is -2.16. The van der Waals surface area contributed by atoms with Gasteiger partial charge < -0.3 is 18.9 Å². The normalized spacial score (nSPS) is 11.5. The second-order valence-corrected chi connectivity index (χ2v) is 26.1. The standard InChI is InChI=1S/C67H90O4Si/c1-8-12-16-20-24-30-45-68-64-57-35-29-28-34-56(57)61-50-53(38-41-58(61)65(64)69-46-31-25-21-17-13-9-2)36-37-54-39-42-59-62(51-54)63-52-55(44-49-72(5,6)7)40-43-60(63)67(71-48-33-27-23-19-15-11-4)66(59)70-47-32-26-22-18-14-10-3/h28-29,34-35,38-43,50-52H,8-27,30-33,45-48H2,1-7H3. The Morgan fingerprint density at radius 2 is 0.583 bits per heavy atom. The van der Waals surface area contributed by atoms with E-state index in [-0.39, 0.29) is 0 Å². The van der Waals surface area contributed by atoms with Crippen molar-refractivity contribution >= 4 is 51.2 Å². The minimum Gasteiger partial charge on any atom is -0.489 e. The molecule has 4 nitrogen and oxygen atoms in total. The van der Waals surface area contributed by atoms with Gasteiger partial charge in [-0.2, -0.15) is 0 Å². The van der Waals surface area contributed by atoms with E-state index in [0.29, 0.717) is 26.4 Å². The number of fused-ring (bicyclic) bond motifs is 6. The molecule has 0 N–H and O–H groups in total. The smallest absolute Gasteiger partial charge is 0.169 e. The fraction of sp³-hybridized carbons (Fsp3) is 0.522. The molecule has 0 aliphatic carbocycles. The predicted molar refractivity (Wildman–Crippen MR) is 315 cm³/mol. The zero-order valence-electron chi connectivity index (χ0n) is 45.9. The van der Waals surface area contributed by atoms with Gasteiger partial charge in [0.25, 0.3) is 0 Å². The van der Waals surface area contributed by atoms with Crippen LogP contribution in [0.3, 0.4) is 0 Å². The molecule has 0 atom stereocenters. The fourth-order valence-corrected chi connectivity index (χ4v) is 10.3. The van der Waals surface area contributed by atoms with E-state index in [1.165, 1.54) is 128 Å². The van der Waals surface area contributed by atoms with Crippen molar-refractivity contribution in [1.82, 2.24) is 0 Å². The molecule has 0 bridgehead atoms.